The third kappa shape index (κ3) is 3.67. The fourth-order valence-corrected chi connectivity index (χ4v) is 3.30. The number of rotatable bonds is 6. The highest BCUT2D eigenvalue weighted by atomic mass is 32.2. The quantitative estimate of drug-likeness (QED) is 0.703. The van der Waals surface area contributed by atoms with Crippen LogP contribution in [0.2, 0.25) is 0 Å². The summed E-state index contributed by atoms with van der Waals surface area (Å²) >= 11 is 6.47. The SMILES string of the molecule is CSCCN(C)CC1(CS)CCCC1. The van der Waals surface area contributed by atoms with Crippen LogP contribution < -0.4 is 0 Å². The molecule has 0 atom stereocenters. The van der Waals surface area contributed by atoms with Crippen LogP contribution in [0.25, 0.3) is 0 Å². The number of nitrogens with zero attached hydrogens (tertiary/aromatic N) is 1. The molecule has 0 N–H and O–H groups in total. The van der Waals surface area contributed by atoms with Crippen LogP contribution in [-0.2, 0) is 0 Å². The second-order valence-corrected chi connectivity index (χ2v) is 5.90. The van der Waals surface area contributed by atoms with Crippen LogP contribution in [0.5, 0.6) is 0 Å². The molecule has 0 aromatic heterocycles. The molecule has 1 aliphatic carbocycles. The molecular weight excluding hydrogens is 210 g/mol. The Hall–Kier alpha value is 0.660. The second kappa shape index (κ2) is 6.29. The number of thiol groups is 1. The Morgan fingerprint density at radius 2 is 2.00 bits per heavy atom. The van der Waals surface area contributed by atoms with E-state index in [1.165, 1.54) is 44.5 Å². The van der Waals surface area contributed by atoms with Crippen molar-refractivity contribution < 1.29 is 0 Å². The normalized spacial score (nSPS) is 20.6. The molecule has 0 radical (unpaired) electrons. The first-order chi connectivity index (χ1) is 6.72. The Balaban J connectivity index is 2.32. The molecular formula is C11H23NS2. The lowest BCUT2D eigenvalue weighted by molar-refractivity contribution is 0.210. The van der Waals surface area contributed by atoms with Gasteiger partial charge in [-0.15, -0.1) is 0 Å². The summed E-state index contributed by atoms with van der Waals surface area (Å²) in [7, 11) is 2.25. The van der Waals surface area contributed by atoms with Crippen molar-refractivity contribution in [2.75, 3.05) is 37.9 Å². The molecule has 1 rings (SSSR count). The molecule has 0 aliphatic heterocycles. The van der Waals surface area contributed by atoms with E-state index >= 15 is 0 Å². The van der Waals surface area contributed by atoms with Crippen LogP contribution in [0.1, 0.15) is 25.7 Å². The lowest BCUT2D eigenvalue weighted by atomic mass is 9.88. The van der Waals surface area contributed by atoms with Gasteiger partial charge >= 0.3 is 0 Å². The van der Waals surface area contributed by atoms with Crippen molar-refractivity contribution >= 4 is 24.4 Å². The predicted molar refractivity (Wildman–Crippen MR) is 70.6 cm³/mol. The van der Waals surface area contributed by atoms with Crippen LogP contribution >= 0.6 is 24.4 Å². The first-order valence-electron chi connectivity index (χ1n) is 5.51. The van der Waals surface area contributed by atoms with Gasteiger partial charge in [0, 0.05) is 18.8 Å². The molecule has 0 unspecified atom stereocenters. The summed E-state index contributed by atoms with van der Waals surface area (Å²) in [6.45, 7) is 2.47. The smallest absolute Gasteiger partial charge is 0.00694 e. The highest BCUT2D eigenvalue weighted by molar-refractivity contribution is 7.98. The Kier molecular flexibility index (Phi) is 5.72. The van der Waals surface area contributed by atoms with Crippen molar-refractivity contribution in [2.45, 2.75) is 25.7 Å². The monoisotopic (exact) mass is 233 g/mol. The predicted octanol–water partition coefficient (Wildman–Crippen LogP) is 2.77. The Morgan fingerprint density at radius 1 is 1.36 bits per heavy atom. The van der Waals surface area contributed by atoms with Crippen molar-refractivity contribution in [3.05, 3.63) is 0 Å². The van der Waals surface area contributed by atoms with Crippen LogP contribution in [0.4, 0.5) is 0 Å². The summed E-state index contributed by atoms with van der Waals surface area (Å²) in [4.78, 5) is 2.48. The van der Waals surface area contributed by atoms with Gasteiger partial charge in [-0.25, -0.2) is 0 Å². The fourth-order valence-electron chi connectivity index (χ4n) is 2.39. The number of hydrogen-bond donors (Lipinski definition) is 1. The van der Waals surface area contributed by atoms with Crippen LogP contribution in [0.15, 0.2) is 0 Å². The minimum absolute atomic E-state index is 0.538. The standard InChI is InChI=1S/C11H23NS2/c1-12(7-8-14-2)9-11(10-13)5-3-4-6-11/h13H,3-10H2,1-2H3. The summed E-state index contributed by atoms with van der Waals surface area (Å²) in [6, 6.07) is 0. The Morgan fingerprint density at radius 3 is 2.50 bits per heavy atom. The van der Waals surface area contributed by atoms with E-state index in [1.807, 2.05) is 11.8 Å². The van der Waals surface area contributed by atoms with Gasteiger partial charge in [-0.1, -0.05) is 12.8 Å². The third-order valence-corrected chi connectivity index (χ3v) is 4.54. The Bertz CT molecular complexity index is 155. The molecule has 1 fully saturated rings. The van der Waals surface area contributed by atoms with Gasteiger partial charge < -0.3 is 4.90 Å². The van der Waals surface area contributed by atoms with Gasteiger partial charge in [0.2, 0.25) is 0 Å². The molecule has 3 heteroatoms. The first-order valence-corrected chi connectivity index (χ1v) is 7.53. The molecule has 1 aliphatic rings. The van der Waals surface area contributed by atoms with Gasteiger partial charge in [-0.3, -0.25) is 0 Å². The van der Waals surface area contributed by atoms with E-state index in [1.54, 1.807) is 0 Å². The van der Waals surface area contributed by atoms with E-state index in [-0.39, 0.29) is 0 Å². The maximum absolute atomic E-state index is 4.54. The average Bonchev–Trinajstić information content (AvgIpc) is 2.64. The molecule has 0 spiro atoms. The second-order valence-electron chi connectivity index (χ2n) is 4.60. The van der Waals surface area contributed by atoms with E-state index in [4.69, 9.17) is 0 Å². The molecule has 0 aromatic rings. The van der Waals surface area contributed by atoms with Crippen molar-refractivity contribution in [1.29, 1.82) is 0 Å². The largest absolute Gasteiger partial charge is 0.305 e. The van der Waals surface area contributed by atoms with Crippen molar-refractivity contribution in [3.8, 4) is 0 Å². The van der Waals surface area contributed by atoms with E-state index in [9.17, 15) is 0 Å². The van der Waals surface area contributed by atoms with E-state index in [0.29, 0.717) is 5.41 Å². The minimum atomic E-state index is 0.538. The van der Waals surface area contributed by atoms with Crippen molar-refractivity contribution in [3.63, 3.8) is 0 Å². The zero-order chi connectivity index (χ0) is 10.4. The molecule has 1 saturated carbocycles. The molecule has 0 heterocycles. The summed E-state index contributed by atoms with van der Waals surface area (Å²) in [5.41, 5.74) is 0.538. The van der Waals surface area contributed by atoms with E-state index in [2.05, 4.69) is 30.8 Å². The molecule has 0 saturated heterocycles. The lowest BCUT2D eigenvalue weighted by Gasteiger charge is -2.32. The van der Waals surface area contributed by atoms with E-state index < -0.39 is 0 Å². The summed E-state index contributed by atoms with van der Waals surface area (Å²) in [5, 5.41) is 0. The topological polar surface area (TPSA) is 3.24 Å². The van der Waals surface area contributed by atoms with E-state index in [0.717, 1.165) is 5.75 Å². The summed E-state index contributed by atoms with van der Waals surface area (Å²) < 4.78 is 0. The summed E-state index contributed by atoms with van der Waals surface area (Å²) in [5.74, 6) is 2.32. The maximum atomic E-state index is 4.54. The average molecular weight is 233 g/mol. The van der Waals surface area contributed by atoms with Gasteiger partial charge in [0.15, 0.2) is 0 Å². The van der Waals surface area contributed by atoms with Gasteiger partial charge in [-0.2, -0.15) is 24.4 Å². The van der Waals surface area contributed by atoms with Crippen LogP contribution in [-0.4, -0.2) is 42.8 Å². The summed E-state index contributed by atoms with van der Waals surface area (Å²) in [6.07, 6.45) is 7.78. The molecule has 1 nitrogen and oxygen atoms in total. The highest BCUT2D eigenvalue weighted by Gasteiger charge is 2.33. The molecule has 0 amide bonds. The Labute approximate surface area is 98.4 Å². The van der Waals surface area contributed by atoms with Gasteiger partial charge in [0.25, 0.3) is 0 Å². The van der Waals surface area contributed by atoms with Crippen LogP contribution in [0, 0.1) is 5.41 Å². The minimum Gasteiger partial charge on any atom is -0.305 e. The molecule has 84 valence electrons. The molecule has 0 bridgehead atoms. The molecule has 14 heavy (non-hydrogen) atoms. The van der Waals surface area contributed by atoms with Gasteiger partial charge in [0.05, 0.1) is 0 Å². The van der Waals surface area contributed by atoms with Crippen molar-refractivity contribution in [2.24, 2.45) is 5.41 Å². The number of hydrogen-bond acceptors (Lipinski definition) is 3. The number of thioether (sulfide) groups is 1. The van der Waals surface area contributed by atoms with Crippen molar-refractivity contribution in [1.82, 2.24) is 4.90 Å². The molecule has 0 aromatic carbocycles. The van der Waals surface area contributed by atoms with Crippen LogP contribution in [0.3, 0.4) is 0 Å². The lowest BCUT2D eigenvalue weighted by Crippen LogP contribution is -2.36. The van der Waals surface area contributed by atoms with Gasteiger partial charge in [-0.05, 0) is 37.3 Å². The zero-order valence-electron chi connectivity index (χ0n) is 9.46. The highest BCUT2D eigenvalue weighted by Crippen LogP contribution is 2.39. The zero-order valence-corrected chi connectivity index (χ0v) is 11.2. The van der Waals surface area contributed by atoms with Gasteiger partial charge in [0.1, 0.15) is 0 Å². The first kappa shape index (κ1) is 12.7. The maximum Gasteiger partial charge on any atom is 0.00694 e. The third-order valence-electron chi connectivity index (χ3n) is 3.28. The fraction of sp³-hybridized carbons (Fsp3) is 1.00.